The SMILES string of the molecule is CCCC[Si](CCCN(C)C)(OCC)OCC. The minimum Gasteiger partial charge on any atom is -0.394 e. The van der Waals surface area contributed by atoms with E-state index in [-0.39, 0.29) is 0 Å². The summed E-state index contributed by atoms with van der Waals surface area (Å²) < 4.78 is 12.1. The molecule has 0 N–H and O–H groups in total. The lowest BCUT2D eigenvalue weighted by molar-refractivity contribution is 0.179. The summed E-state index contributed by atoms with van der Waals surface area (Å²) in [5.74, 6) is 0. The Morgan fingerprint density at radius 1 is 0.882 bits per heavy atom. The first-order chi connectivity index (χ1) is 8.10. The molecule has 4 heteroatoms. The Bertz CT molecular complexity index is 171. The highest BCUT2D eigenvalue weighted by Gasteiger charge is 2.35. The van der Waals surface area contributed by atoms with Gasteiger partial charge in [-0.05, 0) is 53.0 Å². The van der Waals surface area contributed by atoms with Gasteiger partial charge in [0.25, 0.3) is 0 Å². The van der Waals surface area contributed by atoms with Crippen molar-refractivity contribution in [3.63, 3.8) is 0 Å². The third-order valence-corrected chi connectivity index (χ3v) is 6.75. The van der Waals surface area contributed by atoms with E-state index in [0.717, 1.165) is 31.8 Å². The number of hydrogen-bond donors (Lipinski definition) is 0. The fourth-order valence-electron chi connectivity index (χ4n) is 2.09. The van der Waals surface area contributed by atoms with E-state index in [4.69, 9.17) is 8.85 Å². The van der Waals surface area contributed by atoms with Gasteiger partial charge in [0.2, 0.25) is 0 Å². The zero-order chi connectivity index (χ0) is 13.1. The van der Waals surface area contributed by atoms with Crippen LogP contribution in [0.15, 0.2) is 0 Å². The second-order valence-electron chi connectivity index (χ2n) is 4.79. The minimum absolute atomic E-state index is 0.790. The maximum absolute atomic E-state index is 6.05. The highest BCUT2D eigenvalue weighted by molar-refractivity contribution is 6.67. The van der Waals surface area contributed by atoms with Crippen LogP contribution < -0.4 is 0 Å². The number of rotatable bonds is 11. The van der Waals surface area contributed by atoms with Gasteiger partial charge >= 0.3 is 8.56 Å². The van der Waals surface area contributed by atoms with E-state index in [1.54, 1.807) is 0 Å². The Kier molecular flexibility index (Phi) is 10.1. The maximum atomic E-state index is 6.05. The molecule has 0 aliphatic heterocycles. The Morgan fingerprint density at radius 2 is 1.41 bits per heavy atom. The predicted octanol–water partition coefficient (Wildman–Crippen LogP) is 3.25. The van der Waals surface area contributed by atoms with Crippen LogP contribution in [0.4, 0.5) is 0 Å². The van der Waals surface area contributed by atoms with E-state index in [1.807, 2.05) is 0 Å². The van der Waals surface area contributed by atoms with Crippen molar-refractivity contribution in [2.24, 2.45) is 0 Å². The molecule has 0 unspecified atom stereocenters. The van der Waals surface area contributed by atoms with Crippen LogP contribution in [0, 0.1) is 0 Å². The monoisotopic (exact) mass is 261 g/mol. The normalized spacial score (nSPS) is 12.4. The molecule has 0 aromatic rings. The van der Waals surface area contributed by atoms with Crippen LogP contribution in [0.25, 0.3) is 0 Å². The fraction of sp³-hybridized carbons (Fsp3) is 1.00. The summed E-state index contributed by atoms with van der Waals surface area (Å²) >= 11 is 0. The molecule has 0 aromatic carbocycles. The van der Waals surface area contributed by atoms with Gasteiger partial charge in [-0.3, -0.25) is 0 Å². The first kappa shape index (κ1) is 17.1. The van der Waals surface area contributed by atoms with Gasteiger partial charge in [0, 0.05) is 13.2 Å². The quantitative estimate of drug-likeness (QED) is 0.533. The summed E-state index contributed by atoms with van der Waals surface area (Å²) in [5, 5.41) is 0. The molecule has 0 amide bonds. The molecule has 0 radical (unpaired) electrons. The first-order valence-corrected chi connectivity index (χ1v) is 9.26. The topological polar surface area (TPSA) is 21.7 Å². The van der Waals surface area contributed by atoms with Crippen molar-refractivity contribution >= 4 is 8.56 Å². The highest BCUT2D eigenvalue weighted by Crippen LogP contribution is 2.24. The van der Waals surface area contributed by atoms with Crippen LogP contribution in [0.1, 0.15) is 40.0 Å². The zero-order valence-electron chi connectivity index (χ0n) is 12.4. The molecule has 0 spiro atoms. The predicted molar refractivity (Wildman–Crippen MR) is 76.7 cm³/mol. The molecular formula is C13H31NO2Si. The molecule has 0 aliphatic rings. The van der Waals surface area contributed by atoms with Crippen molar-refractivity contribution in [1.29, 1.82) is 0 Å². The van der Waals surface area contributed by atoms with E-state index >= 15 is 0 Å². The van der Waals surface area contributed by atoms with Gasteiger partial charge in [0.1, 0.15) is 0 Å². The minimum atomic E-state index is -1.91. The van der Waals surface area contributed by atoms with Gasteiger partial charge in [0.15, 0.2) is 0 Å². The van der Waals surface area contributed by atoms with E-state index in [2.05, 4.69) is 39.8 Å². The van der Waals surface area contributed by atoms with Gasteiger partial charge in [-0.1, -0.05) is 19.8 Å². The molecule has 0 aliphatic carbocycles. The van der Waals surface area contributed by atoms with Gasteiger partial charge in [-0.15, -0.1) is 0 Å². The Balaban J connectivity index is 4.30. The molecule has 0 saturated carbocycles. The fourth-order valence-corrected chi connectivity index (χ4v) is 5.64. The number of unbranched alkanes of at least 4 members (excludes halogenated alkanes) is 1. The second kappa shape index (κ2) is 10.1. The second-order valence-corrected chi connectivity index (χ2v) is 8.19. The maximum Gasteiger partial charge on any atom is 0.338 e. The largest absolute Gasteiger partial charge is 0.394 e. The molecule has 0 fully saturated rings. The van der Waals surface area contributed by atoms with Crippen LogP contribution in [-0.2, 0) is 8.85 Å². The summed E-state index contributed by atoms with van der Waals surface area (Å²) in [4.78, 5) is 2.23. The molecule has 0 heterocycles. The first-order valence-electron chi connectivity index (χ1n) is 7.02. The molecular weight excluding hydrogens is 230 g/mol. The van der Waals surface area contributed by atoms with E-state index in [9.17, 15) is 0 Å². The van der Waals surface area contributed by atoms with Crippen LogP contribution in [0.5, 0.6) is 0 Å². The number of nitrogens with zero attached hydrogens (tertiary/aromatic N) is 1. The standard InChI is InChI=1S/C13H31NO2Si/c1-6-9-12-17(15-7-2,16-8-3)13-10-11-14(4)5/h6-13H2,1-5H3. The number of hydrogen-bond acceptors (Lipinski definition) is 3. The third kappa shape index (κ3) is 7.92. The van der Waals surface area contributed by atoms with Crippen molar-refractivity contribution in [3.05, 3.63) is 0 Å². The molecule has 0 atom stereocenters. The third-order valence-electron chi connectivity index (χ3n) is 2.89. The molecule has 0 aromatic heterocycles. The molecule has 0 saturated heterocycles. The van der Waals surface area contributed by atoms with Gasteiger partial charge in [-0.2, -0.15) is 0 Å². The van der Waals surface area contributed by atoms with Crippen LogP contribution in [-0.4, -0.2) is 47.3 Å². The smallest absolute Gasteiger partial charge is 0.338 e. The van der Waals surface area contributed by atoms with Crippen molar-refractivity contribution in [1.82, 2.24) is 4.90 Å². The van der Waals surface area contributed by atoms with Crippen LogP contribution in [0.3, 0.4) is 0 Å². The van der Waals surface area contributed by atoms with Crippen molar-refractivity contribution in [2.75, 3.05) is 33.9 Å². The van der Waals surface area contributed by atoms with E-state index < -0.39 is 8.56 Å². The molecule has 104 valence electrons. The molecule has 3 nitrogen and oxygen atoms in total. The zero-order valence-corrected chi connectivity index (χ0v) is 13.4. The molecule has 0 bridgehead atoms. The molecule has 0 rings (SSSR count). The summed E-state index contributed by atoms with van der Waals surface area (Å²) in [7, 11) is 2.33. The summed E-state index contributed by atoms with van der Waals surface area (Å²) in [6.07, 6.45) is 3.64. The van der Waals surface area contributed by atoms with Crippen LogP contribution in [0.2, 0.25) is 12.1 Å². The highest BCUT2D eigenvalue weighted by atomic mass is 28.4. The average Bonchev–Trinajstić information content (AvgIpc) is 2.26. The van der Waals surface area contributed by atoms with E-state index in [1.165, 1.54) is 19.3 Å². The van der Waals surface area contributed by atoms with Gasteiger partial charge < -0.3 is 13.8 Å². The van der Waals surface area contributed by atoms with E-state index in [0.29, 0.717) is 0 Å². The lowest BCUT2D eigenvalue weighted by atomic mass is 10.4. The lowest BCUT2D eigenvalue weighted by Gasteiger charge is -2.30. The van der Waals surface area contributed by atoms with Crippen molar-refractivity contribution < 1.29 is 8.85 Å². The Hall–Kier alpha value is 0.0969. The summed E-state index contributed by atoms with van der Waals surface area (Å²) in [6, 6.07) is 2.28. The summed E-state index contributed by atoms with van der Waals surface area (Å²) in [5.41, 5.74) is 0. The van der Waals surface area contributed by atoms with Crippen LogP contribution >= 0.6 is 0 Å². The Morgan fingerprint density at radius 3 is 1.82 bits per heavy atom. The average molecular weight is 261 g/mol. The Labute approximate surface area is 109 Å². The van der Waals surface area contributed by atoms with Gasteiger partial charge in [0.05, 0.1) is 0 Å². The lowest BCUT2D eigenvalue weighted by Crippen LogP contribution is -2.42. The molecule has 17 heavy (non-hydrogen) atoms. The van der Waals surface area contributed by atoms with Gasteiger partial charge in [-0.25, -0.2) is 0 Å². The van der Waals surface area contributed by atoms with Crippen molar-refractivity contribution in [2.45, 2.75) is 52.1 Å². The summed E-state index contributed by atoms with van der Waals surface area (Å²) in [6.45, 7) is 9.10. The van der Waals surface area contributed by atoms with Crippen molar-refractivity contribution in [3.8, 4) is 0 Å².